The predicted octanol–water partition coefficient (Wildman–Crippen LogP) is -0.344. The molecule has 2 heterocycles. The first-order valence-corrected chi connectivity index (χ1v) is 2.96. The summed E-state index contributed by atoms with van der Waals surface area (Å²) in [5.74, 6) is -0.363. The lowest BCUT2D eigenvalue weighted by molar-refractivity contribution is -0.388. The molecule has 0 aliphatic rings. The van der Waals surface area contributed by atoms with E-state index in [4.69, 9.17) is 0 Å². The van der Waals surface area contributed by atoms with Gasteiger partial charge in [0.05, 0.1) is 11.4 Å². The highest BCUT2D eigenvalue weighted by atomic mass is 16.6. The number of hydrogen-bond donors (Lipinski definition) is 1. The first kappa shape index (κ1) is 6.58. The second kappa shape index (κ2) is 2.19. The summed E-state index contributed by atoms with van der Waals surface area (Å²) in [6.45, 7) is 0. The number of rotatable bonds is 1. The molecule has 0 saturated carbocycles. The van der Waals surface area contributed by atoms with Gasteiger partial charge in [-0.2, -0.15) is 5.10 Å². The molecule has 0 aliphatic carbocycles. The van der Waals surface area contributed by atoms with Crippen molar-refractivity contribution in [1.29, 1.82) is 0 Å². The van der Waals surface area contributed by atoms with Gasteiger partial charge < -0.3 is 10.1 Å². The molecule has 0 aliphatic heterocycles. The highest BCUT2D eigenvalue weighted by Crippen LogP contribution is 2.15. The lowest BCUT2D eigenvalue weighted by Crippen LogP contribution is -1.97. The highest BCUT2D eigenvalue weighted by Gasteiger charge is 2.16. The zero-order valence-electron chi connectivity index (χ0n) is 5.63. The van der Waals surface area contributed by atoms with Crippen molar-refractivity contribution in [2.75, 3.05) is 0 Å². The summed E-state index contributed by atoms with van der Waals surface area (Å²) in [5.41, 5.74) is 0.520. The number of aromatic amines is 1. The van der Waals surface area contributed by atoms with Crippen LogP contribution >= 0.6 is 0 Å². The van der Waals surface area contributed by atoms with Crippen LogP contribution in [0.15, 0.2) is 6.20 Å². The van der Waals surface area contributed by atoms with Crippen LogP contribution in [-0.2, 0) is 0 Å². The molecule has 0 fully saturated rings. The zero-order chi connectivity index (χ0) is 8.55. The maximum atomic E-state index is 10.3. The Hall–Kier alpha value is -2.12. The van der Waals surface area contributed by atoms with Gasteiger partial charge in [0.25, 0.3) is 0 Å². The molecule has 2 rings (SSSR count). The lowest BCUT2D eigenvalue weighted by atomic mass is 10.5. The minimum atomic E-state index is -0.644. The Morgan fingerprint density at radius 2 is 2.33 bits per heavy atom. The number of aromatic nitrogens is 5. The van der Waals surface area contributed by atoms with Crippen molar-refractivity contribution < 1.29 is 4.92 Å². The minimum Gasteiger partial charge on any atom is -0.358 e. The van der Waals surface area contributed by atoms with E-state index in [-0.39, 0.29) is 11.3 Å². The Morgan fingerprint density at radius 1 is 1.50 bits per heavy atom. The maximum absolute atomic E-state index is 10.3. The van der Waals surface area contributed by atoms with Gasteiger partial charge in [0.15, 0.2) is 5.52 Å². The first-order valence-electron chi connectivity index (χ1n) is 2.96. The number of hydrogen-bond acceptors (Lipinski definition) is 6. The van der Waals surface area contributed by atoms with E-state index in [0.717, 1.165) is 0 Å². The van der Waals surface area contributed by atoms with Gasteiger partial charge in [-0.05, 0) is 4.92 Å². The number of nitrogens with one attached hydrogen (secondary N) is 1. The summed E-state index contributed by atoms with van der Waals surface area (Å²) >= 11 is 0. The molecule has 0 amide bonds. The molecule has 0 unspecified atom stereocenters. The van der Waals surface area contributed by atoms with Gasteiger partial charge in [-0.1, -0.05) is 0 Å². The molecule has 1 N–H and O–H groups in total. The Bertz CT molecular complexity index is 436. The summed E-state index contributed by atoms with van der Waals surface area (Å²) < 4.78 is 0. The van der Waals surface area contributed by atoms with Crippen molar-refractivity contribution in [3.05, 3.63) is 16.3 Å². The highest BCUT2D eigenvalue weighted by molar-refractivity contribution is 5.79. The van der Waals surface area contributed by atoms with Gasteiger partial charge >= 0.3 is 5.82 Å². The van der Waals surface area contributed by atoms with E-state index in [0.29, 0.717) is 5.52 Å². The smallest absolute Gasteiger partial charge is 0.358 e. The summed E-state index contributed by atoms with van der Waals surface area (Å²) in [4.78, 5) is 9.70. The Kier molecular flexibility index (Phi) is 1.20. The van der Waals surface area contributed by atoms with Gasteiger partial charge in [0.2, 0.25) is 0 Å². The van der Waals surface area contributed by atoms with E-state index in [1.807, 2.05) is 0 Å². The molecule has 8 nitrogen and oxygen atoms in total. The van der Waals surface area contributed by atoms with Crippen LogP contribution in [-0.4, -0.2) is 30.5 Å². The normalized spacial score (nSPS) is 10.3. The average molecular weight is 166 g/mol. The average Bonchev–Trinajstić information content (AvgIpc) is 2.49. The minimum absolute atomic E-state index is 0.190. The molecule has 0 bridgehead atoms. The molecule has 0 aromatic carbocycles. The molecular formula is C4H2N6O2. The Labute approximate surface area is 64.8 Å². The molecule has 2 aromatic heterocycles. The van der Waals surface area contributed by atoms with Gasteiger partial charge in [-0.3, -0.25) is 5.10 Å². The van der Waals surface area contributed by atoms with Crippen LogP contribution in [0.5, 0.6) is 0 Å². The van der Waals surface area contributed by atoms with Crippen LogP contribution < -0.4 is 0 Å². The van der Waals surface area contributed by atoms with Crippen molar-refractivity contribution in [2.24, 2.45) is 0 Å². The van der Waals surface area contributed by atoms with E-state index in [1.165, 1.54) is 6.20 Å². The van der Waals surface area contributed by atoms with E-state index in [1.54, 1.807) is 0 Å². The van der Waals surface area contributed by atoms with E-state index in [2.05, 4.69) is 25.6 Å². The van der Waals surface area contributed by atoms with Gasteiger partial charge in [0.1, 0.15) is 10.6 Å². The van der Waals surface area contributed by atoms with Gasteiger partial charge in [0, 0.05) is 0 Å². The molecular weight excluding hydrogens is 164 g/mol. The Morgan fingerprint density at radius 3 is 3.08 bits per heavy atom. The predicted molar refractivity (Wildman–Crippen MR) is 36.1 cm³/mol. The van der Waals surface area contributed by atoms with Crippen LogP contribution in [0.1, 0.15) is 0 Å². The first-order chi connectivity index (χ1) is 5.79. The third-order valence-corrected chi connectivity index (χ3v) is 1.31. The number of fused-ring (bicyclic) bond motifs is 1. The summed E-state index contributed by atoms with van der Waals surface area (Å²) in [5, 5.41) is 26.3. The number of H-pyrrole nitrogens is 1. The fourth-order valence-corrected chi connectivity index (χ4v) is 0.811. The van der Waals surface area contributed by atoms with Crippen LogP contribution in [0.3, 0.4) is 0 Å². The summed E-state index contributed by atoms with van der Waals surface area (Å²) in [7, 11) is 0. The molecule has 8 heteroatoms. The molecule has 0 atom stereocenters. The standard InChI is InChI=1S/C4H2N6O2/c11-10(12)4-3-2(1-5-7-3)6-9-8-4/h1H,(H,5,7). The number of nitro groups is 1. The van der Waals surface area contributed by atoms with Crippen molar-refractivity contribution >= 4 is 16.9 Å². The quantitative estimate of drug-likeness (QED) is 0.458. The maximum Gasteiger partial charge on any atom is 0.420 e. The molecule has 0 spiro atoms. The van der Waals surface area contributed by atoms with E-state index >= 15 is 0 Å². The molecule has 0 saturated heterocycles. The SMILES string of the molecule is O=[N+]([O-])c1nnnc2cn[nH]c12. The van der Waals surface area contributed by atoms with Crippen LogP contribution in [0.2, 0.25) is 0 Å². The lowest BCUT2D eigenvalue weighted by Gasteiger charge is -1.88. The van der Waals surface area contributed by atoms with Crippen molar-refractivity contribution in [3.8, 4) is 0 Å². The van der Waals surface area contributed by atoms with Gasteiger partial charge in [-0.25, -0.2) is 0 Å². The van der Waals surface area contributed by atoms with Crippen molar-refractivity contribution in [3.63, 3.8) is 0 Å². The zero-order valence-corrected chi connectivity index (χ0v) is 5.63. The number of nitrogens with zero attached hydrogens (tertiary/aromatic N) is 5. The van der Waals surface area contributed by atoms with E-state index in [9.17, 15) is 10.1 Å². The molecule has 12 heavy (non-hydrogen) atoms. The summed E-state index contributed by atoms with van der Waals surface area (Å²) in [6.07, 6.45) is 1.34. The largest absolute Gasteiger partial charge is 0.420 e. The van der Waals surface area contributed by atoms with E-state index < -0.39 is 4.92 Å². The molecule has 0 radical (unpaired) electrons. The van der Waals surface area contributed by atoms with Crippen molar-refractivity contribution in [2.45, 2.75) is 0 Å². The van der Waals surface area contributed by atoms with Crippen LogP contribution in [0, 0.1) is 10.1 Å². The van der Waals surface area contributed by atoms with Crippen LogP contribution in [0.4, 0.5) is 5.82 Å². The van der Waals surface area contributed by atoms with Gasteiger partial charge in [-0.15, -0.1) is 5.10 Å². The second-order valence-corrected chi connectivity index (χ2v) is 2.00. The fraction of sp³-hybridized carbons (Fsp3) is 0. The van der Waals surface area contributed by atoms with Crippen LogP contribution in [0.25, 0.3) is 11.0 Å². The second-order valence-electron chi connectivity index (χ2n) is 2.00. The summed E-state index contributed by atoms with van der Waals surface area (Å²) in [6, 6.07) is 0. The molecule has 60 valence electrons. The third kappa shape index (κ3) is 0.779. The monoisotopic (exact) mass is 166 g/mol. The third-order valence-electron chi connectivity index (χ3n) is 1.31. The fourth-order valence-electron chi connectivity index (χ4n) is 0.811. The van der Waals surface area contributed by atoms with Crippen molar-refractivity contribution in [1.82, 2.24) is 25.6 Å². The topological polar surface area (TPSA) is 110 Å². The Balaban J connectivity index is 2.82. The molecule has 2 aromatic rings.